The van der Waals surface area contributed by atoms with Crippen molar-refractivity contribution in [2.75, 3.05) is 42.3 Å². The van der Waals surface area contributed by atoms with E-state index in [1.54, 1.807) is 184 Å². The standard InChI is InChI=1S/C18H19NO3.C16H13BrO3.C16H17NO2.C16H14O3.C14H12O2.C2H6N.3CH3.2BrH.3Y/c1-13(20)22-17-10-9-14(12-19(2)3)11-16(17)18(21)15-7-5-4-6-8-15;1-11(18)20-15-8-7-12(10-17)9-14(15)16(19)13-5-3-2-4-6-13;1-17(2)11-12-8-9-15(18)14(10-12)16(19)13-6-4-3-5-7-13;1-11-8-9-15(19-12(2)17)14(10-11)16(18)13-6-4-3-5-7-13;1-10-7-8-13(15)12(9-10)14(16)11-5-3-2-4-6-11;1-3-2;;;;;;;;/h4-11H,12H2,1-3H3;2-9H,10H2,1H3;3-10,18H,11H2,1-2H3;3-10H,1-2H3;2-9,15H,1H3;1-2H3;3*1H3;2*1H;;;/q;;;;;4*-1;;;;;/p-2. The van der Waals surface area contributed by atoms with Crippen molar-refractivity contribution in [3.63, 3.8) is 0 Å². The molecule has 10 aromatic rings. The minimum Gasteiger partial charge on any atom is -1.00 e. The van der Waals surface area contributed by atoms with E-state index >= 15 is 0 Å². The smallest absolute Gasteiger partial charge is 0.308 e. The van der Waals surface area contributed by atoms with Crippen LogP contribution in [0.2, 0.25) is 0 Å². The number of aryl methyl sites for hydroxylation is 2. The van der Waals surface area contributed by atoms with Crippen molar-refractivity contribution in [3.05, 3.63) is 354 Å². The van der Waals surface area contributed by atoms with Crippen LogP contribution in [0.4, 0.5) is 0 Å². The number of aromatic hydroxyl groups is 2. The molecule has 0 saturated carbocycles. The third-order valence-corrected chi connectivity index (χ3v) is 14.4. The van der Waals surface area contributed by atoms with E-state index in [2.05, 4.69) is 21.2 Å². The molecular formula is C85H90Br3N3O13Y3-6. The zero-order chi connectivity index (χ0) is 72.6. The molecule has 0 aromatic heterocycles. The molecule has 0 heterocycles. The number of hydrogen-bond acceptors (Lipinski definition) is 15. The van der Waals surface area contributed by atoms with Gasteiger partial charge in [-0.05, 0) is 119 Å². The van der Waals surface area contributed by atoms with Crippen molar-refractivity contribution < 1.29 is 195 Å². The Kier molecular flexibility index (Phi) is 56.2. The molecule has 22 heteroatoms. The minimum absolute atomic E-state index is 0. The Labute approximate surface area is 736 Å². The summed E-state index contributed by atoms with van der Waals surface area (Å²) in [6, 6.07) is 70.6. The Hall–Kier alpha value is -6.81. The van der Waals surface area contributed by atoms with E-state index in [0.717, 1.165) is 34.4 Å². The first kappa shape index (κ1) is 107. The van der Waals surface area contributed by atoms with E-state index in [9.17, 15) is 48.6 Å². The molecule has 0 atom stereocenters. The number of phenols is 2. The first-order chi connectivity index (χ1) is 47.3. The second kappa shape index (κ2) is 56.4. The van der Waals surface area contributed by atoms with Crippen LogP contribution in [0.1, 0.15) is 128 Å². The average Bonchev–Trinajstić information content (AvgIpc) is 0.843. The Bertz CT molecular complexity index is 4370. The average molecular weight is 1870 g/mol. The Morgan fingerprint density at radius 1 is 0.346 bits per heavy atom. The number of alkyl halides is 1. The van der Waals surface area contributed by atoms with E-state index in [4.69, 9.17) is 14.2 Å². The molecular weight excluding hydrogens is 1780 g/mol. The third kappa shape index (κ3) is 36.5. The fraction of sp³-hybridized carbons (Fsp3) is 0.165. The van der Waals surface area contributed by atoms with Crippen LogP contribution in [0, 0.1) is 36.1 Å². The molecule has 2 N–H and O–H groups in total. The van der Waals surface area contributed by atoms with Gasteiger partial charge in [-0.25, -0.2) is 0 Å². The second-order valence-corrected chi connectivity index (χ2v) is 23.4. The molecule has 0 aliphatic rings. The number of ether oxygens (including phenoxy) is 3. The quantitative estimate of drug-likeness (QED) is 0.0268. The first-order valence-electron chi connectivity index (χ1n) is 31.2. The molecule has 0 unspecified atom stereocenters. The zero-order valence-corrected chi connectivity index (χ0v) is 76.1. The topological polar surface area (TPSA) is 225 Å². The van der Waals surface area contributed by atoms with Crippen LogP contribution < -0.4 is 48.2 Å². The van der Waals surface area contributed by atoms with Crippen molar-refractivity contribution in [1.29, 1.82) is 0 Å². The van der Waals surface area contributed by atoms with Gasteiger partial charge >= 0.3 is 17.9 Å². The SMILES string of the molecule is CC(=O)Oc1ccc(C)cc1C(=O)c1ccccc1.CC(=O)Oc1ccc(CBr)cc1C(=O)c1ccccc1.CC(=O)Oc1ccc(CN(C)C)cc1C(=O)c1ccccc1.CN(C)Cc1ccc(O)c(C(=O)c2ccccc2)c1.C[N-]C.Cc1ccc(O)c(C(=O)c2ccccc2)c1.[Br-].[Br-].[CH3-].[CH3-].[CH3-].[Y].[Y].[Y]. The number of carbonyl (C=O) groups excluding carboxylic acids is 8. The molecule has 0 fully saturated rings. The van der Waals surface area contributed by atoms with Crippen molar-refractivity contribution in [2.24, 2.45) is 0 Å². The molecule has 16 nitrogen and oxygen atoms in total. The molecule has 10 aromatic carbocycles. The summed E-state index contributed by atoms with van der Waals surface area (Å²) in [5, 5.41) is 23.6. The van der Waals surface area contributed by atoms with E-state index in [-0.39, 0.29) is 201 Å². The van der Waals surface area contributed by atoms with Crippen LogP contribution in [-0.4, -0.2) is 109 Å². The summed E-state index contributed by atoms with van der Waals surface area (Å²) in [6.07, 6.45) is 0. The van der Waals surface area contributed by atoms with Gasteiger partial charge in [-0.2, -0.15) is 14.1 Å². The van der Waals surface area contributed by atoms with Gasteiger partial charge in [0.2, 0.25) is 0 Å². The summed E-state index contributed by atoms with van der Waals surface area (Å²) in [6.45, 7) is 9.17. The van der Waals surface area contributed by atoms with Crippen molar-refractivity contribution in [3.8, 4) is 28.7 Å². The monoisotopic (exact) mass is 1860 g/mol. The summed E-state index contributed by atoms with van der Waals surface area (Å²) in [4.78, 5) is 99.5. The maximum absolute atomic E-state index is 12.7. The molecule has 0 aliphatic heterocycles. The van der Waals surface area contributed by atoms with Crippen molar-refractivity contribution in [1.82, 2.24) is 9.80 Å². The summed E-state index contributed by atoms with van der Waals surface area (Å²) < 4.78 is 15.4. The molecule has 3 radical (unpaired) electrons. The van der Waals surface area contributed by atoms with Crippen LogP contribution in [0.15, 0.2) is 243 Å². The van der Waals surface area contributed by atoms with E-state index in [0.29, 0.717) is 79.0 Å². The van der Waals surface area contributed by atoms with Crippen LogP contribution >= 0.6 is 15.9 Å². The fourth-order valence-electron chi connectivity index (χ4n) is 9.39. The second-order valence-electron chi connectivity index (χ2n) is 22.8. The van der Waals surface area contributed by atoms with E-state index < -0.39 is 17.9 Å². The largest absolute Gasteiger partial charge is 1.00 e. The third-order valence-electron chi connectivity index (χ3n) is 13.8. The van der Waals surface area contributed by atoms with Gasteiger partial charge in [-0.15, -0.1) is 0 Å². The van der Waals surface area contributed by atoms with Gasteiger partial charge in [-0.3, -0.25) is 38.4 Å². The summed E-state index contributed by atoms with van der Waals surface area (Å²) in [7, 11) is 11.3. The predicted molar refractivity (Wildman–Crippen MR) is 410 cm³/mol. The van der Waals surface area contributed by atoms with Crippen LogP contribution in [0.5, 0.6) is 28.7 Å². The van der Waals surface area contributed by atoms with E-state index in [1.807, 2.05) is 125 Å². The number of halogens is 3. The number of benzene rings is 10. The van der Waals surface area contributed by atoms with Gasteiger partial charge in [0.1, 0.15) is 28.7 Å². The summed E-state index contributed by atoms with van der Waals surface area (Å²) in [5.41, 5.74) is 9.60. The van der Waals surface area contributed by atoms with Crippen LogP contribution in [-0.2, 0) is 131 Å². The minimum atomic E-state index is -0.446. The number of ketones is 5. The summed E-state index contributed by atoms with van der Waals surface area (Å²) in [5.74, 6) is -1.17. The van der Waals surface area contributed by atoms with Gasteiger partial charge in [-0.1, -0.05) is 209 Å². The summed E-state index contributed by atoms with van der Waals surface area (Å²) >= 11 is 3.35. The van der Waals surface area contributed by atoms with Gasteiger partial charge in [0.15, 0.2) is 28.9 Å². The normalized spacial score (nSPS) is 9.40. The fourth-order valence-corrected chi connectivity index (χ4v) is 9.74. The molecule has 0 bridgehead atoms. The number of phenolic OH excluding ortho intramolecular Hbond substituents is 2. The van der Waals surface area contributed by atoms with Crippen molar-refractivity contribution >= 4 is 62.8 Å². The maximum atomic E-state index is 12.7. The van der Waals surface area contributed by atoms with Crippen LogP contribution in [0.3, 0.4) is 0 Å². The number of esters is 3. The number of nitrogens with zero attached hydrogens (tertiary/aromatic N) is 3. The molecule has 0 saturated heterocycles. The number of rotatable bonds is 18. The number of carbonyl (C=O) groups is 8. The molecule has 0 spiro atoms. The zero-order valence-electron chi connectivity index (χ0n) is 62.8. The Morgan fingerprint density at radius 3 is 0.850 bits per heavy atom. The Morgan fingerprint density at radius 2 is 0.561 bits per heavy atom. The van der Waals surface area contributed by atoms with Gasteiger partial charge < -0.3 is 95.8 Å². The van der Waals surface area contributed by atoms with E-state index in [1.165, 1.54) is 20.8 Å². The van der Waals surface area contributed by atoms with Crippen molar-refractivity contribution in [2.45, 2.75) is 53.0 Å². The van der Waals surface area contributed by atoms with Crippen LogP contribution in [0.25, 0.3) is 5.32 Å². The Balaban J connectivity index is -0.000000604. The molecule has 0 amide bonds. The van der Waals surface area contributed by atoms with Gasteiger partial charge in [0, 0.05) is 165 Å². The molecule has 10 rings (SSSR count). The molecule has 0 aliphatic carbocycles. The number of hydrogen-bond donors (Lipinski definition) is 2. The van der Waals surface area contributed by atoms with Gasteiger partial charge in [0.25, 0.3) is 0 Å². The predicted octanol–water partition coefficient (Wildman–Crippen LogP) is 11.4. The maximum Gasteiger partial charge on any atom is 0.308 e. The first-order valence-corrected chi connectivity index (χ1v) is 32.3. The van der Waals surface area contributed by atoms with Gasteiger partial charge in [0.05, 0.1) is 27.8 Å². The molecule has 107 heavy (non-hydrogen) atoms. The molecule has 559 valence electrons.